The van der Waals surface area contributed by atoms with Crippen molar-refractivity contribution in [1.29, 1.82) is 0 Å². The van der Waals surface area contributed by atoms with Crippen molar-refractivity contribution in [1.82, 2.24) is 0 Å². The molecule has 60 valence electrons. The van der Waals surface area contributed by atoms with Crippen LogP contribution >= 0.6 is 11.3 Å². The fourth-order valence-corrected chi connectivity index (χ4v) is 2.86. The maximum atomic E-state index is 5.87. The van der Waals surface area contributed by atoms with Gasteiger partial charge in [-0.25, -0.2) is 0 Å². The number of thiophene rings is 1. The third kappa shape index (κ3) is 1.33. The van der Waals surface area contributed by atoms with Gasteiger partial charge in [0.15, 0.2) is 0 Å². The second-order valence-corrected chi connectivity index (χ2v) is 4.65. The molecule has 1 aromatic heterocycles. The van der Waals surface area contributed by atoms with Gasteiger partial charge in [-0.1, -0.05) is 0 Å². The third-order valence-electron chi connectivity index (χ3n) is 2.25. The Balaban J connectivity index is 2.34. The highest BCUT2D eigenvalue weighted by atomic mass is 32.1. The Hall–Kier alpha value is -0.340. The van der Waals surface area contributed by atoms with Crippen LogP contribution in [0.1, 0.15) is 21.7 Å². The molecule has 0 saturated heterocycles. The molecule has 1 unspecified atom stereocenters. The zero-order valence-electron chi connectivity index (χ0n) is 6.76. The summed E-state index contributed by atoms with van der Waals surface area (Å²) in [4.78, 5) is 2.96. The summed E-state index contributed by atoms with van der Waals surface area (Å²) >= 11 is 1.91. The average molecular weight is 167 g/mol. The van der Waals surface area contributed by atoms with Crippen LogP contribution in [-0.4, -0.2) is 6.04 Å². The van der Waals surface area contributed by atoms with Gasteiger partial charge in [-0.15, -0.1) is 11.3 Å². The number of rotatable bonds is 0. The standard InChI is InChI=1S/C9H13NS/c1-6-4-7-2-3-8(10)5-9(7)11-6/h4,8H,2-3,5,10H2,1H3. The molecule has 0 spiro atoms. The lowest BCUT2D eigenvalue weighted by atomic mass is 9.95. The summed E-state index contributed by atoms with van der Waals surface area (Å²) in [6.45, 7) is 2.18. The van der Waals surface area contributed by atoms with E-state index in [2.05, 4.69) is 13.0 Å². The molecule has 0 aromatic carbocycles. The normalized spacial score (nSPS) is 23.3. The van der Waals surface area contributed by atoms with Crippen LogP contribution in [0.25, 0.3) is 0 Å². The van der Waals surface area contributed by atoms with Crippen molar-refractivity contribution in [3.63, 3.8) is 0 Å². The molecule has 2 rings (SSSR count). The second-order valence-electron chi connectivity index (χ2n) is 3.31. The quantitative estimate of drug-likeness (QED) is 0.627. The molecule has 2 N–H and O–H groups in total. The van der Waals surface area contributed by atoms with Gasteiger partial charge in [0.2, 0.25) is 0 Å². The molecule has 11 heavy (non-hydrogen) atoms. The van der Waals surface area contributed by atoms with Crippen molar-refractivity contribution in [2.75, 3.05) is 0 Å². The predicted molar refractivity (Wildman–Crippen MR) is 49.1 cm³/mol. The molecule has 0 fully saturated rings. The zero-order valence-corrected chi connectivity index (χ0v) is 7.58. The van der Waals surface area contributed by atoms with Gasteiger partial charge < -0.3 is 5.73 Å². The number of hydrogen-bond donors (Lipinski definition) is 1. The molecule has 1 aromatic rings. The fraction of sp³-hybridized carbons (Fsp3) is 0.556. The van der Waals surface area contributed by atoms with Gasteiger partial charge in [0.05, 0.1) is 0 Å². The first-order chi connectivity index (χ1) is 5.25. The van der Waals surface area contributed by atoms with Crippen LogP contribution in [0.5, 0.6) is 0 Å². The maximum absolute atomic E-state index is 5.87. The first-order valence-electron chi connectivity index (χ1n) is 4.09. The lowest BCUT2D eigenvalue weighted by Crippen LogP contribution is -2.26. The smallest absolute Gasteiger partial charge is 0.00954 e. The largest absolute Gasteiger partial charge is 0.327 e. The molecule has 1 aliphatic rings. The highest BCUT2D eigenvalue weighted by Crippen LogP contribution is 2.28. The molecule has 0 saturated carbocycles. The van der Waals surface area contributed by atoms with Gasteiger partial charge in [-0.2, -0.15) is 0 Å². The first-order valence-corrected chi connectivity index (χ1v) is 4.91. The Bertz CT molecular complexity index is 265. The van der Waals surface area contributed by atoms with Gasteiger partial charge in [-0.05, 0) is 37.8 Å². The topological polar surface area (TPSA) is 26.0 Å². The van der Waals surface area contributed by atoms with E-state index in [1.165, 1.54) is 22.6 Å². The highest BCUT2D eigenvalue weighted by Gasteiger charge is 2.16. The van der Waals surface area contributed by atoms with Crippen LogP contribution in [0, 0.1) is 6.92 Å². The summed E-state index contributed by atoms with van der Waals surface area (Å²) in [6, 6.07) is 2.73. The van der Waals surface area contributed by atoms with Gasteiger partial charge >= 0.3 is 0 Å². The molecular formula is C9H13NS. The van der Waals surface area contributed by atoms with Crippen molar-refractivity contribution in [3.05, 3.63) is 21.4 Å². The van der Waals surface area contributed by atoms with Crippen LogP contribution < -0.4 is 5.73 Å². The molecule has 0 amide bonds. The predicted octanol–water partition coefficient (Wildman–Crippen LogP) is 1.87. The van der Waals surface area contributed by atoms with E-state index in [4.69, 9.17) is 5.73 Å². The molecule has 1 nitrogen and oxygen atoms in total. The van der Waals surface area contributed by atoms with E-state index < -0.39 is 0 Å². The zero-order chi connectivity index (χ0) is 7.84. The minimum Gasteiger partial charge on any atom is -0.327 e. The van der Waals surface area contributed by atoms with Crippen molar-refractivity contribution in [2.24, 2.45) is 5.73 Å². The Labute approximate surface area is 71.2 Å². The molecule has 0 radical (unpaired) electrons. The minimum atomic E-state index is 0.417. The van der Waals surface area contributed by atoms with E-state index in [1.807, 2.05) is 11.3 Å². The third-order valence-corrected chi connectivity index (χ3v) is 3.37. The Morgan fingerprint density at radius 2 is 2.45 bits per heavy atom. The lowest BCUT2D eigenvalue weighted by molar-refractivity contribution is 0.584. The van der Waals surface area contributed by atoms with Crippen LogP contribution in [0.3, 0.4) is 0 Å². The van der Waals surface area contributed by atoms with Crippen LogP contribution in [-0.2, 0) is 12.8 Å². The SMILES string of the molecule is Cc1cc2c(s1)CC(N)CC2. The van der Waals surface area contributed by atoms with E-state index in [0.717, 1.165) is 6.42 Å². The van der Waals surface area contributed by atoms with Crippen molar-refractivity contribution < 1.29 is 0 Å². The summed E-state index contributed by atoms with van der Waals surface area (Å²) in [5.74, 6) is 0. The average Bonchev–Trinajstić information content (AvgIpc) is 2.27. The van der Waals surface area contributed by atoms with E-state index in [0.29, 0.717) is 6.04 Å². The second kappa shape index (κ2) is 2.61. The first kappa shape index (κ1) is 7.32. The minimum absolute atomic E-state index is 0.417. The Morgan fingerprint density at radius 3 is 3.27 bits per heavy atom. The number of nitrogens with two attached hydrogens (primary N) is 1. The summed E-state index contributed by atoms with van der Waals surface area (Å²) in [6.07, 6.45) is 3.47. The molecule has 1 atom stereocenters. The van der Waals surface area contributed by atoms with Crippen LogP contribution in [0.15, 0.2) is 6.07 Å². The number of fused-ring (bicyclic) bond motifs is 1. The molecule has 0 bridgehead atoms. The van der Waals surface area contributed by atoms with Gasteiger partial charge in [0.25, 0.3) is 0 Å². The molecule has 1 aliphatic carbocycles. The van der Waals surface area contributed by atoms with E-state index in [9.17, 15) is 0 Å². The monoisotopic (exact) mass is 167 g/mol. The summed E-state index contributed by atoms with van der Waals surface area (Å²) < 4.78 is 0. The number of hydrogen-bond acceptors (Lipinski definition) is 2. The molecule has 2 heteroatoms. The van der Waals surface area contributed by atoms with Crippen LogP contribution in [0.4, 0.5) is 0 Å². The van der Waals surface area contributed by atoms with E-state index in [-0.39, 0.29) is 0 Å². The summed E-state index contributed by atoms with van der Waals surface area (Å²) in [5, 5.41) is 0. The van der Waals surface area contributed by atoms with Gasteiger partial charge in [-0.3, -0.25) is 0 Å². The fourth-order valence-electron chi connectivity index (χ4n) is 1.68. The maximum Gasteiger partial charge on any atom is 0.00954 e. The molecule has 0 aliphatic heterocycles. The summed E-state index contributed by atoms with van der Waals surface area (Å²) in [5.41, 5.74) is 7.42. The lowest BCUT2D eigenvalue weighted by Gasteiger charge is -2.17. The Morgan fingerprint density at radius 1 is 1.64 bits per heavy atom. The van der Waals surface area contributed by atoms with Crippen LogP contribution in [0.2, 0.25) is 0 Å². The summed E-state index contributed by atoms with van der Waals surface area (Å²) in [7, 11) is 0. The van der Waals surface area contributed by atoms with E-state index >= 15 is 0 Å². The number of aryl methyl sites for hydroxylation is 2. The van der Waals surface area contributed by atoms with E-state index in [1.54, 1.807) is 5.56 Å². The molecular weight excluding hydrogens is 154 g/mol. The highest BCUT2D eigenvalue weighted by molar-refractivity contribution is 7.12. The van der Waals surface area contributed by atoms with Crippen molar-refractivity contribution in [2.45, 2.75) is 32.2 Å². The molecule has 1 heterocycles. The van der Waals surface area contributed by atoms with Crippen molar-refractivity contribution in [3.8, 4) is 0 Å². The van der Waals surface area contributed by atoms with Gasteiger partial charge in [0, 0.05) is 15.8 Å². The Kier molecular flexibility index (Phi) is 1.74. The van der Waals surface area contributed by atoms with Gasteiger partial charge in [0.1, 0.15) is 0 Å². The van der Waals surface area contributed by atoms with Crippen molar-refractivity contribution >= 4 is 11.3 Å².